The zero-order valence-corrected chi connectivity index (χ0v) is 13.4. The Morgan fingerprint density at radius 1 is 1.05 bits per heavy atom. The van der Waals surface area contributed by atoms with Crippen molar-refractivity contribution in [2.75, 3.05) is 0 Å². The highest BCUT2D eigenvalue weighted by molar-refractivity contribution is 5.24. The van der Waals surface area contributed by atoms with Crippen molar-refractivity contribution in [2.45, 2.75) is 64.7 Å². The summed E-state index contributed by atoms with van der Waals surface area (Å²) in [7, 11) is 0. The highest BCUT2D eigenvalue weighted by Crippen LogP contribution is 2.30. The van der Waals surface area contributed by atoms with Gasteiger partial charge in [0.05, 0.1) is 5.56 Å². The van der Waals surface area contributed by atoms with Gasteiger partial charge in [-0.05, 0) is 61.6 Å². The molecule has 0 spiro atoms. The molecule has 0 atom stereocenters. The van der Waals surface area contributed by atoms with Crippen molar-refractivity contribution in [3.63, 3.8) is 0 Å². The Labute approximate surface area is 131 Å². The Balaban J connectivity index is 1.75. The van der Waals surface area contributed by atoms with E-state index in [1.54, 1.807) is 12.1 Å². The van der Waals surface area contributed by atoms with Crippen molar-refractivity contribution < 1.29 is 13.2 Å². The molecule has 124 valence electrons. The normalized spacial score (nSPS) is 23.0. The van der Waals surface area contributed by atoms with Crippen molar-refractivity contribution in [1.29, 1.82) is 0 Å². The lowest BCUT2D eigenvalue weighted by Gasteiger charge is -2.30. The lowest BCUT2D eigenvalue weighted by molar-refractivity contribution is -0.137. The summed E-state index contributed by atoms with van der Waals surface area (Å²) in [6.07, 6.45) is 1.95. The maximum absolute atomic E-state index is 12.5. The average Bonchev–Trinajstić information content (AvgIpc) is 2.45. The Bertz CT molecular complexity index is 442. The maximum Gasteiger partial charge on any atom is 0.416 e. The fourth-order valence-corrected chi connectivity index (χ4v) is 3.34. The molecule has 1 N–H and O–H groups in total. The average molecular weight is 313 g/mol. The molecule has 0 saturated heterocycles. The lowest BCUT2D eigenvalue weighted by atomic mass is 9.81. The number of benzene rings is 1. The molecule has 0 aromatic heterocycles. The van der Waals surface area contributed by atoms with Gasteiger partial charge in [0.15, 0.2) is 0 Å². The van der Waals surface area contributed by atoms with Gasteiger partial charge in [0, 0.05) is 12.6 Å². The van der Waals surface area contributed by atoms with Crippen LogP contribution < -0.4 is 5.32 Å². The van der Waals surface area contributed by atoms with E-state index < -0.39 is 11.7 Å². The molecule has 1 nitrogen and oxygen atoms in total. The molecule has 1 saturated carbocycles. The van der Waals surface area contributed by atoms with Gasteiger partial charge in [-0.25, -0.2) is 0 Å². The summed E-state index contributed by atoms with van der Waals surface area (Å²) in [6, 6.07) is 5.97. The molecule has 0 heterocycles. The number of alkyl halides is 3. The first-order valence-corrected chi connectivity index (χ1v) is 8.24. The van der Waals surface area contributed by atoms with Gasteiger partial charge in [0.1, 0.15) is 0 Å². The van der Waals surface area contributed by atoms with E-state index in [1.807, 2.05) is 0 Å². The summed E-state index contributed by atoms with van der Waals surface area (Å²) >= 11 is 0. The van der Waals surface area contributed by atoms with Crippen LogP contribution in [0.4, 0.5) is 13.2 Å². The standard InChI is InChI=1S/C18H26F3N/c1-13(2)11-14-5-9-17(10-6-14)22-12-15-3-7-16(8-4-15)18(19,20)21/h3-4,7-8,13-14,17,22H,5-6,9-12H2,1-2H3. The Morgan fingerprint density at radius 2 is 1.64 bits per heavy atom. The molecule has 2 rings (SSSR count). The summed E-state index contributed by atoms with van der Waals surface area (Å²) in [5, 5.41) is 3.49. The topological polar surface area (TPSA) is 12.0 Å². The molecule has 0 amide bonds. The largest absolute Gasteiger partial charge is 0.416 e. The summed E-state index contributed by atoms with van der Waals surface area (Å²) in [4.78, 5) is 0. The van der Waals surface area contributed by atoms with Crippen LogP contribution >= 0.6 is 0 Å². The van der Waals surface area contributed by atoms with Crippen LogP contribution in [0.2, 0.25) is 0 Å². The number of rotatable bonds is 5. The van der Waals surface area contributed by atoms with E-state index in [2.05, 4.69) is 19.2 Å². The van der Waals surface area contributed by atoms with Gasteiger partial charge < -0.3 is 5.32 Å². The number of hydrogen-bond donors (Lipinski definition) is 1. The lowest BCUT2D eigenvalue weighted by Crippen LogP contribution is -2.33. The molecule has 22 heavy (non-hydrogen) atoms. The third-order valence-electron chi connectivity index (χ3n) is 4.53. The minimum Gasteiger partial charge on any atom is -0.310 e. The van der Waals surface area contributed by atoms with Gasteiger partial charge in [-0.15, -0.1) is 0 Å². The van der Waals surface area contributed by atoms with E-state index >= 15 is 0 Å². The second kappa shape index (κ2) is 7.49. The number of halogens is 3. The molecule has 1 aliphatic carbocycles. The predicted octanol–water partition coefficient (Wildman–Crippen LogP) is 5.40. The first-order valence-electron chi connectivity index (χ1n) is 8.24. The SMILES string of the molecule is CC(C)CC1CCC(NCc2ccc(C(F)(F)F)cc2)CC1. The van der Waals surface area contributed by atoms with Gasteiger partial charge in [0.2, 0.25) is 0 Å². The highest BCUT2D eigenvalue weighted by atomic mass is 19.4. The second-order valence-corrected chi connectivity index (χ2v) is 6.92. The minimum atomic E-state index is -4.25. The van der Waals surface area contributed by atoms with Crippen LogP contribution in [0.5, 0.6) is 0 Å². The zero-order valence-electron chi connectivity index (χ0n) is 13.4. The molecule has 1 aromatic rings. The molecule has 0 bridgehead atoms. The van der Waals surface area contributed by atoms with E-state index in [4.69, 9.17) is 0 Å². The van der Waals surface area contributed by atoms with E-state index in [0.29, 0.717) is 12.6 Å². The molecule has 1 aliphatic rings. The van der Waals surface area contributed by atoms with Crippen molar-refractivity contribution in [2.24, 2.45) is 11.8 Å². The molecule has 0 aliphatic heterocycles. The van der Waals surface area contributed by atoms with Gasteiger partial charge in [0.25, 0.3) is 0 Å². The monoisotopic (exact) mass is 313 g/mol. The van der Waals surface area contributed by atoms with Crippen molar-refractivity contribution in [1.82, 2.24) is 5.32 Å². The first-order chi connectivity index (χ1) is 10.3. The van der Waals surface area contributed by atoms with Gasteiger partial charge >= 0.3 is 6.18 Å². The van der Waals surface area contributed by atoms with Crippen LogP contribution in [0.1, 0.15) is 57.1 Å². The molecule has 1 fully saturated rings. The Hall–Kier alpha value is -1.03. The highest BCUT2D eigenvalue weighted by Gasteiger charge is 2.30. The number of hydrogen-bond acceptors (Lipinski definition) is 1. The smallest absolute Gasteiger partial charge is 0.310 e. The van der Waals surface area contributed by atoms with Crippen LogP contribution in [0.3, 0.4) is 0 Å². The van der Waals surface area contributed by atoms with E-state index in [0.717, 1.165) is 29.5 Å². The summed E-state index contributed by atoms with van der Waals surface area (Å²) < 4.78 is 37.5. The Morgan fingerprint density at radius 3 is 2.14 bits per heavy atom. The van der Waals surface area contributed by atoms with Gasteiger partial charge in [-0.1, -0.05) is 26.0 Å². The first kappa shape index (κ1) is 17.3. The van der Waals surface area contributed by atoms with Crippen molar-refractivity contribution >= 4 is 0 Å². The summed E-state index contributed by atoms with van der Waals surface area (Å²) in [6.45, 7) is 5.20. The minimum absolute atomic E-state index is 0.505. The molecular formula is C18H26F3N. The van der Waals surface area contributed by atoms with Gasteiger partial charge in [-0.3, -0.25) is 0 Å². The molecule has 0 radical (unpaired) electrons. The van der Waals surface area contributed by atoms with Gasteiger partial charge in [-0.2, -0.15) is 13.2 Å². The van der Waals surface area contributed by atoms with Crippen LogP contribution in [0, 0.1) is 11.8 Å². The van der Waals surface area contributed by atoms with Crippen LogP contribution in [0.15, 0.2) is 24.3 Å². The predicted molar refractivity (Wildman–Crippen MR) is 83.5 cm³/mol. The van der Waals surface area contributed by atoms with Crippen molar-refractivity contribution in [3.8, 4) is 0 Å². The fourth-order valence-electron chi connectivity index (χ4n) is 3.34. The molecule has 1 aromatic carbocycles. The quantitative estimate of drug-likeness (QED) is 0.767. The van der Waals surface area contributed by atoms with E-state index in [1.165, 1.54) is 32.1 Å². The molecular weight excluding hydrogens is 287 g/mol. The third-order valence-corrected chi connectivity index (χ3v) is 4.53. The Kier molecular flexibility index (Phi) is 5.90. The fraction of sp³-hybridized carbons (Fsp3) is 0.667. The zero-order chi connectivity index (χ0) is 16.2. The number of nitrogens with one attached hydrogen (secondary N) is 1. The van der Waals surface area contributed by atoms with Crippen LogP contribution in [0.25, 0.3) is 0 Å². The van der Waals surface area contributed by atoms with Crippen LogP contribution in [-0.4, -0.2) is 6.04 Å². The van der Waals surface area contributed by atoms with Crippen molar-refractivity contribution in [3.05, 3.63) is 35.4 Å². The maximum atomic E-state index is 12.5. The van der Waals surface area contributed by atoms with E-state index in [-0.39, 0.29) is 0 Å². The summed E-state index contributed by atoms with van der Waals surface area (Å²) in [5.74, 6) is 1.62. The second-order valence-electron chi connectivity index (χ2n) is 6.92. The van der Waals surface area contributed by atoms with E-state index in [9.17, 15) is 13.2 Å². The van der Waals surface area contributed by atoms with Crippen LogP contribution in [-0.2, 0) is 12.7 Å². The molecule has 0 unspecified atom stereocenters. The summed E-state index contributed by atoms with van der Waals surface area (Å²) in [5.41, 5.74) is 0.336. The third kappa shape index (κ3) is 5.31. The molecule has 4 heteroatoms.